The highest BCUT2D eigenvalue weighted by Crippen LogP contribution is 2.11. The molecule has 0 aliphatic carbocycles. The van der Waals surface area contributed by atoms with E-state index in [0.29, 0.717) is 17.8 Å². The molecule has 25 heavy (non-hydrogen) atoms. The molecule has 2 N–H and O–H groups in total. The third kappa shape index (κ3) is 6.39. The molecule has 2 aromatic carbocycles. The fourth-order valence-electron chi connectivity index (χ4n) is 2.48. The maximum absolute atomic E-state index is 12.2. The van der Waals surface area contributed by atoms with Crippen molar-refractivity contribution in [2.75, 3.05) is 18.9 Å². The third-order valence-electron chi connectivity index (χ3n) is 3.54. The summed E-state index contributed by atoms with van der Waals surface area (Å²) in [6.45, 7) is 4.79. The van der Waals surface area contributed by atoms with Crippen LogP contribution in [0.5, 0.6) is 0 Å². The molecule has 0 fully saturated rings. The van der Waals surface area contributed by atoms with Gasteiger partial charge in [-0.15, -0.1) is 0 Å². The number of amides is 2. The zero-order valence-electron chi connectivity index (χ0n) is 15.0. The molecule has 5 heteroatoms. The van der Waals surface area contributed by atoms with Gasteiger partial charge in [-0.2, -0.15) is 0 Å². The fraction of sp³-hybridized carbons (Fsp3) is 0.300. The molecule has 0 aliphatic heterocycles. The van der Waals surface area contributed by atoms with Crippen LogP contribution < -0.4 is 10.6 Å². The number of likely N-dealkylation sites (N-methyl/N-ethyl adjacent to an activating group) is 1. The summed E-state index contributed by atoms with van der Waals surface area (Å²) in [5, 5.41) is 5.69. The highest BCUT2D eigenvalue weighted by molar-refractivity contribution is 5.97. The summed E-state index contributed by atoms with van der Waals surface area (Å²) < 4.78 is 0. The van der Waals surface area contributed by atoms with Gasteiger partial charge in [-0.3, -0.25) is 14.5 Å². The van der Waals surface area contributed by atoms with Crippen LogP contribution in [-0.4, -0.2) is 36.3 Å². The van der Waals surface area contributed by atoms with Crippen LogP contribution in [0, 0.1) is 0 Å². The van der Waals surface area contributed by atoms with E-state index in [9.17, 15) is 9.59 Å². The van der Waals surface area contributed by atoms with Gasteiger partial charge in [-0.05, 0) is 44.7 Å². The number of benzene rings is 2. The van der Waals surface area contributed by atoms with Crippen molar-refractivity contribution in [2.24, 2.45) is 0 Å². The Hall–Kier alpha value is -2.66. The van der Waals surface area contributed by atoms with E-state index in [-0.39, 0.29) is 24.4 Å². The summed E-state index contributed by atoms with van der Waals surface area (Å²) in [4.78, 5) is 26.2. The molecule has 0 spiro atoms. The van der Waals surface area contributed by atoms with Crippen molar-refractivity contribution in [3.63, 3.8) is 0 Å². The van der Waals surface area contributed by atoms with Gasteiger partial charge in [0, 0.05) is 23.8 Å². The molecule has 0 radical (unpaired) electrons. The highest BCUT2D eigenvalue weighted by Gasteiger charge is 2.10. The molecule has 0 saturated heterocycles. The lowest BCUT2D eigenvalue weighted by molar-refractivity contribution is -0.117. The summed E-state index contributed by atoms with van der Waals surface area (Å²) in [6.07, 6.45) is 0. The Labute approximate surface area is 149 Å². The van der Waals surface area contributed by atoms with Crippen LogP contribution in [0.15, 0.2) is 54.6 Å². The number of nitrogens with one attached hydrogen (secondary N) is 2. The lowest BCUT2D eigenvalue weighted by Crippen LogP contribution is -2.31. The van der Waals surface area contributed by atoms with Crippen molar-refractivity contribution >= 4 is 17.5 Å². The van der Waals surface area contributed by atoms with Crippen molar-refractivity contribution in [2.45, 2.75) is 26.4 Å². The van der Waals surface area contributed by atoms with Crippen molar-refractivity contribution in [1.29, 1.82) is 0 Å². The summed E-state index contributed by atoms with van der Waals surface area (Å²) in [5.74, 6) is -0.257. The Morgan fingerprint density at radius 3 is 2.44 bits per heavy atom. The van der Waals surface area contributed by atoms with Gasteiger partial charge in [0.25, 0.3) is 5.91 Å². The van der Waals surface area contributed by atoms with Crippen molar-refractivity contribution < 1.29 is 9.59 Å². The molecule has 2 amide bonds. The van der Waals surface area contributed by atoms with Gasteiger partial charge in [-0.1, -0.05) is 36.4 Å². The predicted octanol–water partition coefficient (Wildman–Crippen LogP) is 2.90. The maximum Gasteiger partial charge on any atom is 0.251 e. The van der Waals surface area contributed by atoms with E-state index in [1.165, 1.54) is 0 Å². The van der Waals surface area contributed by atoms with Gasteiger partial charge in [0.05, 0.1) is 6.54 Å². The molecule has 0 bridgehead atoms. The van der Waals surface area contributed by atoms with Crippen molar-refractivity contribution in [3.05, 3.63) is 65.7 Å². The Morgan fingerprint density at radius 2 is 1.76 bits per heavy atom. The lowest BCUT2D eigenvalue weighted by Gasteiger charge is -2.16. The van der Waals surface area contributed by atoms with E-state index in [0.717, 1.165) is 5.56 Å². The van der Waals surface area contributed by atoms with Gasteiger partial charge in [0.2, 0.25) is 5.91 Å². The van der Waals surface area contributed by atoms with Gasteiger partial charge in [0.15, 0.2) is 0 Å². The first kappa shape index (κ1) is 18.7. The van der Waals surface area contributed by atoms with E-state index < -0.39 is 0 Å². The van der Waals surface area contributed by atoms with Crippen LogP contribution in [0.3, 0.4) is 0 Å². The SMILES string of the molecule is CC(C)NC(=O)c1cccc(NC(=O)CN(C)Cc2ccccc2)c1. The first-order valence-corrected chi connectivity index (χ1v) is 8.37. The van der Waals surface area contributed by atoms with E-state index in [2.05, 4.69) is 10.6 Å². The Balaban J connectivity index is 1.90. The minimum atomic E-state index is -0.146. The molecule has 0 aliphatic rings. The summed E-state index contributed by atoms with van der Waals surface area (Å²) in [5.41, 5.74) is 2.31. The van der Waals surface area contributed by atoms with E-state index in [1.807, 2.05) is 56.1 Å². The molecule has 132 valence electrons. The molecule has 0 heterocycles. The molecule has 0 aromatic heterocycles. The molecule has 0 unspecified atom stereocenters. The standard InChI is InChI=1S/C20H25N3O2/c1-15(2)21-20(25)17-10-7-11-18(12-17)22-19(24)14-23(3)13-16-8-5-4-6-9-16/h4-12,15H,13-14H2,1-3H3,(H,21,25)(H,22,24). The number of carbonyl (C=O) groups excluding carboxylic acids is 2. The number of carbonyl (C=O) groups is 2. The van der Waals surface area contributed by atoms with Crippen LogP contribution in [0.1, 0.15) is 29.8 Å². The molecule has 5 nitrogen and oxygen atoms in total. The Kier molecular flexibility index (Phi) is 6.71. The highest BCUT2D eigenvalue weighted by atomic mass is 16.2. The van der Waals surface area contributed by atoms with Crippen molar-refractivity contribution in [1.82, 2.24) is 10.2 Å². The van der Waals surface area contributed by atoms with Crippen LogP contribution in [0.2, 0.25) is 0 Å². The Morgan fingerprint density at radius 1 is 1.04 bits per heavy atom. The second-order valence-electron chi connectivity index (χ2n) is 6.42. The number of anilines is 1. The predicted molar refractivity (Wildman–Crippen MR) is 100 cm³/mol. The lowest BCUT2D eigenvalue weighted by atomic mass is 10.1. The number of nitrogens with zero attached hydrogens (tertiary/aromatic N) is 1. The zero-order valence-corrected chi connectivity index (χ0v) is 15.0. The van der Waals surface area contributed by atoms with E-state index >= 15 is 0 Å². The summed E-state index contributed by atoms with van der Waals surface area (Å²) in [7, 11) is 1.90. The fourth-order valence-corrected chi connectivity index (χ4v) is 2.48. The number of hydrogen-bond acceptors (Lipinski definition) is 3. The van der Waals surface area contributed by atoms with Gasteiger partial charge in [0.1, 0.15) is 0 Å². The summed E-state index contributed by atoms with van der Waals surface area (Å²) >= 11 is 0. The minimum Gasteiger partial charge on any atom is -0.350 e. The van der Waals surface area contributed by atoms with Gasteiger partial charge < -0.3 is 10.6 Å². The smallest absolute Gasteiger partial charge is 0.251 e. The van der Waals surface area contributed by atoms with Gasteiger partial charge in [-0.25, -0.2) is 0 Å². The maximum atomic E-state index is 12.2. The summed E-state index contributed by atoms with van der Waals surface area (Å²) in [6, 6.07) is 17.0. The second kappa shape index (κ2) is 8.99. The largest absolute Gasteiger partial charge is 0.350 e. The van der Waals surface area contributed by atoms with Gasteiger partial charge >= 0.3 is 0 Å². The number of hydrogen-bond donors (Lipinski definition) is 2. The van der Waals surface area contributed by atoms with Crippen LogP contribution >= 0.6 is 0 Å². The Bertz CT molecular complexity index is 714. The minimum absolute atomic E-state index is 0.0670. The zero-order chi connectivity index (χ0) is 18.2. The monoisotopic (exact) mass is 339 g/mol. The average molecular weight is 339 g/mol. The van der Waals surface area contributed by atoms with Crippen LogP contribution in [0.4, 0.5) is 5.69 Å². The normalized spacial score (nSPS) is 10.8. The first-order chi connectivity index (χ1) is 11.9. The topological polar surface area (TPSA) is 61.4 Å². The second-order valence-corrected chi connectivity index (χ2v) is 6.42. The molecular weight excluding hydrogens is 314 g/mol. The quantitative estimate of drug-likeness (QED) is 0.815. The van der Waals surface area contributed by atoms with Crippen LogP contribution in [0.25, 0.3) is 0 Å². The van der Waals surface area contributed by atoms with Crippen LogP contribution in [-0.2, 0) is 11.3 Å². The number of rotatable bonds is 7. The van der Waals surface area contributed by atoms with Crippen molar-refractivity contribution in [3.8, 4) is 0 Å². The molecule has 2 aromatic rings. The molecule has 0 atom stereocenters. The molecular formula is C20H25N3O2. The van der Waals surface area contributed by atoms with E-state index in [1.54, 1.807) is 24.3 Å². The van der Waals surface area contributed by atoms with E-state index in [4.69, 9.17) is 0 Å². The third-order valence-corrected chi connectivity index (χ3v) is 3.54. The molecule has 2 rings (SSSR count). The molecule has 0 saturated carbocycles. The average Bonchev–Trinajstić information content (AvgIpc) is 2.55. The first-order valence-electron chi connectivity index (χ1n) is 8.37.